The number of ether oxygens (including phenoxy) is 2. The molecule has 0 aromatic carbocycles. The summed E-state index contributed by atoms with van der Waals surface area (Å²) < 4.78 is 10.6. The second-order valence-corrected chi connectivity index (χ2v) is 7.01. The standard InChI is InChI=1S/C14H24O3S2/c15-14(4-7-18)16-6-1-8-19-9-5-11-2-3-12-13(10-11)17-12/h11-13,18H,1-10H2. The molecule has 2 aliphatic rings. The fourth-order valence-corrected chi connectivity index (χ4v) is 3.82. The zero-order valence-corrected chi connectivity index (χ0v) is 13.1. The highest BCUT2D eigenvalue weighted by Gasteiger charge is 2.43. The monoisotopic (exact) mass is 304 g/mol. The van der Waals surface area contributed by atoms with E-state index in [2.05, 4.69) is 12.6 Å². The normalized spacial score (nSPS) is 28.8. The van der Waals surface area contributed by atoms with Crippen LogP contribution in [0.2, 0.25) is 0 Å². The smallest absolute Gasteiger partial charge is 0.306 e. The van der Waals surface area contributed by atoms with Crippen LogP contribution in [0.1, 0.15) is 38.5 Å². The van der Waals surface area contributed by atoms with Gasteiger partial charge in [0.05, 0.1) is 25.2 Å². The van der Waals surface area contributed by atoms with Gasteiger partial charge in [0.1, 0.15) is 0 Å². The molecular formula is C14H24O3S2. The highest BCUT2D eigenvalue weighted by atomic mass is 32.2. The summed E-state index contributed by atoms with van der Waals surface area (Å²) >= 11 is 5.98. The van der Waals surface area contributed by atoms with Crippen LogP contribution in [0.25, 0.3) is 0 Å². The van der Waals surface area contributed by atoms with Crippen LogP contribution in [-0.2, 0) is 14.3 Å². The minimum atomic E-state index is -0.124. The van der Waals surface area contributed by atoms with Gasteiger partial charge in [-0.25, -0.2) is 0 Å². The molecule has 3 nitrogen and oxygen atoms in total. The molecule has 2 fully saturated rings. The number of thioether (sulfide) groups is 1. The van der Waals surface area contributed by atoms with Gasteiger partial charge in [-0.2, -0.15) is 24.4 Å². The van der Waals surface area contributed by atoms with E-state index in [4.69, 9.17) is 9.47 Å². The SMILES string of the molecule is O=C(CCS)OCCCSCCC1CCC2OC2C1. The van der Waals surface area contributed by atoms with Gasteiger partial charge < -0.3 is 9.47 Å². The summed E-state index contributed by atoms with van der Waals surface area (Å²) in [4.78, 5) is 11.1. The van der Waals surface area contributed by atoms with Crippen LogP contribution < -0.4 is 0 Å². The quantitative estimate of drug-likeness (QED) is 0.308. The summed E-state index contributed by atoms with van der Waals surface area (Å²) in [6.45, 7) is 0.556. The molecule has 1 aliphatic heterocycles. The Labute approximate surface area is 125 Å². The van der Waals surface area contributed by atoms with Crippen LogP contribution in [-0.4, -0.2) is 42.0 Å². The van der Waals surface area contributed by atoms with Crippen molar-refractivity contribution in [2.24, 2.45) is 5.92 Å². The van der Waals surface area contributed by atoms with E-state index in [1.807, 2.05) is 11.8 Å². The van der Waals surface area contributed by atoms with Crippen molar-refractivity contribution in [2.45, 2.75) is 50.7 Å². The zero-order chi connectivity index (χ0) is 13.5. The van der Waals surface area contributed by atoms with E-state index >= 15 is 0 Å². The molecule has 3 atom stereocenters. The number of thiol groups is 1. The highest BCUT2D eigenvalue weighted by Crippen LogP contribution is 2.40. The van der Waals surface area contributed by atoms with Crippen LogP contribution in [0.3, 0.4) is 0 Å². The first kappa shape index (κ1) is 15.5. The lowest BCUT2D eigenvalue weighted by molar-refractivity contribution is -0.143. The van der Waals surface area contributed by atoms with Gasteiger partial charge in [-0.3, -0.25) is 4.79 Å². The van der Waals surface area contributed by atoms with Crippen LogP contribution in [0, 0.1) is 5.92 Å². The predicted octanol–water partition coefficient (Wildman–Crippen LogP) is 2.93. The fraction of sp³-hybridized carbons (Fsp3) is 0.929. The third kappa shape index (κ3) is 5.96. The summed E-state index contributed by atoms with van der Waals surface area (Å²) in [6.07, 6.45) is 7.84. The zero-order valence-electron chi connectivity index (χ0n) is 11.4. The lowest BCUT2D eigenvalue weighted by atomic mass is 9.88. The van der Waals surface area contributed by atoms with Gasteiger partial charge in [-0.1, -0.05) is 0 Å². The molecule has 0 aromatic heterocycles. The number of epoxide rings is 1. The molecule has 1 aliphatic carbocycles. The minimum Gasteiger partial charge on any atom is -0.466 e. The number of carbonyl (C=O) groups is 1. The van der Waals surface area contributed by atoms with Crippen molar-refractivity contribution >= 4 is 30.4 Å². The van der Waals surface area contributed by atoms with Crippen LogP contribution in [0.5, 0.6) is 0 Å². The number of hydrogen-bond acceptors (Lipinski definition) is 5. The Hall–Kier alpha value is 0.130. The van der Waals surface area contributed by atoms with Gasteiger partial charge in [0.15, 0.2) is 0 Å². The number of esters is 1. The highest BCUT2D eigenvalue weighted by molar-refractivity contribution is 7.99. The summed E-state index contributed by atoms with van der Waals surface area (Å²) in [7, 11) is 0. The fourth-order valence-electron chi connectivity index (χ4n) is 2.61. The molecule has 1 heterocycles. The number of rotatable bonds is 9. The largest absolute Gasteiger partial charge is 0.466 e. The molecule has 2 rings (SSSR count). The molecule has 19 heavy (non-hydrogen) atoms. The first-order valence-corrected chi connectivity index (χ1v) is 9.08. The average molecular weight is 304 g/mol. The third-order valence-electron chi connectivity index (χ3n) is 3.80. The number of carbonyl (C=O) groups excluding carboxylic acids is 1. The van der Waals surface area contributed by atoms with Gasteiger partial charge in [-0.15, -0.1) is 0 Å². The van der Waals surface area contributed by atoms with Crippen LogP contribution >= 0.6 is 24.4 Å². The molecule has 0 amide bonds. The molecule has 0 radical (unpaired) electrons. The Morgan fingerprint density at radius 2 is 2.21 bits per heavy atom. The molecule has 0 bridgehead atoms. The number of fused-ring (bicyclic) bond motifs is 1. The Morgan fingerprint density at radius 1 is 1.32 bits per heavy atom. The maximum atomic E-state index is 11.1. The van der Waals surface area contributed by atoms with Crippen LogP contribution in [0.4, 0.5) is 0 Å². The first-order chi connectivity index (χ1) is 9.29. The molecule has 110 valence electrons. The molecule has 0 N–H and O–H groups in total. The van der Waals surface area contributed by atoms with E-state index in [1.165, 1.54) is 31.4 Å². The Kier molecular flexibility index (Phi) is 6.88. The van der Waals surface area contributed by atoms with Crippen molar-refractivity contribution in [1.82, 2.24) is 0 Å². The van der Waals surface area contributed by atoms with Crippen molar-refractivity contribution in [3.05, 3.63) is 0 Å². The van der Waals surface area contributed by atoms with Gasteiger partial charge in [-0.05, 0) is 49.5 Å². The Balaban J connectivity index is 1.37. The second kappa shape index (κ2) is 8.42. The molecule has 0 spiro atoms. The van der Waals surface area contributed by atoms with Gasteiger partial charge in [0.2, 0.25) is 0 Å². The van der Waals surface area contributed by atoms with Crippen molar-refractivity contribution in [3.63, 3.8) is 0 Å². The second-order valence-electron chi connectivity index (χ2n) is 5.34. The van der Waals surface area contributed by atoms with Crippen molar-refractivity contribution in [2.75, 3.05) is 23.9 Å². The summed E-state index contributed by atoms with van der Waals surface area (Å²) in [5, 5.41) is 0. The lowest BCUT2D eigenvalue weighted by Gasteiger charge is -2.18. The Morgan fingerprint density at radius 3 is 3.00 bits per heavy atom. The van der Waals surface area contributed by atoms with E-state index in [0.717, 1.165) is 18.1 Å². The topological polar surface area (TPSA) is 38.8 Å². The first-order valence-electron chi connectivity index (χ1n) is 7.29. The molecule has 1 saturated heterocycles. The van der Waals surface area contributed by atoms with Crippen molar-refractivity contribution in [3.8, 4) is 0 Å². The maximum Gasteiger partial charge on any atom is 0.306 e. The van der Waals surface area contributed by atoms with Gasteiger partial charge in [0, 0.05) is 5.75 Å². The summed E-state index contributed by atoms with van der Waals surface area (Å²) in [6, 6.07) is 0. The van der Waals surface area contributed by atoms with Crippen LogP contribution in [0.15, 0.2) is 0 Å². The molecule has 0 aromatic rings. The minimum absolute atomic E-state index is 0.124. The lowest BCUT2D eigenvalue weighted by Crippen LogP contribution is -2.14. The third-order valence-corrected chi connectivity index (χ3v) is 5.12. The molecule has 5 heteroatoms. The summed E-state index contributed by atoms with van der Waals surface area (Å²) in [5.74, 6) is 3.64. The molecular weight excluding hydrogens is 280 g/mol. The van der Waals surface area contributed by atoms with E-state index in [9.17, 15) is 4.79 Å². The Bertz CT molecular complexity index is 286. The molecule has 3 unspecified atom stereocenters. The van der Waals surface area contributed by atoms with Crippen molar-refractivity contribution in [1.29, 1.82) is 0 Å². The summed E-state index contributed by atoms with van der Waals surface area (Å²) in [5.41, 5.74) is 0. The van der Waals surface area contributed by atoms with E-state index in [-0.39, 0.29) is 5.97 Å². The van der Waals surface area contributed by atoms with Gasteiger partial charge in [0.25, 0.3) is 0 Å². The average Bonchev–Trinajstić information content (AvgIpc) is 3.16. The number of hydrogen-bond donors (Lipinski definition) is 1. The maximum absolute atomic E-state index is 11.1. The van der Waals surface area contributed by atoms with E-state index < -0.39 is 0 Å². The molecule has 1 saturated carbocycles. The van der Waals surface area contributed by atoms with E-state index in [1.54, 1.807) is 0 Å². The predicted molar refractivity (Wildman–Crippen MR) is 82.0 cm³/mol. The van der Waals surface area contributed by atoms with Gasteiger partial charge >= 0.3 is 5.97 Å². The van der Waals surface area contributed by atoms with Crippen molar-refractivity contribution < 1.29 is 14.3 Å². The van der Waals surface area contributed by atoms with E-state index in [0.29, 0.717) is 31.0 Å².